The molecule has 2 rings (SSSR count). The number of carbonyl (C=O) groups is 2. The Hall–Kier alpha value is -3.46. The van der Waals surface area contributed by atoms with E-state index < -0.39 is 24.0 Å². The summed E-state index contributed by atoms with van der Waals surface area (Å²) in [5.74, 6) is -1.10. The molecule has 1 aromatic carbocycles. The van der Waals surface area contributed by atoms with Gasteiger partial charge in [0.15, 0.2) is 0 Å². The number of hydrogen-bond acceptors (Lipinski definition) is 7. The minimum Gasteiger partial charge on any atom is -0.489 e. The number of nitrogens with two attached hydrogens (primary N) is 2. The maximum atomic E-state index is 12.7. The van der Waals surface area contributed by atoms with Gasteiger partial charge in [0.1, 0.15) is 23.6 Å². The number of nitrogens with one attached hydrogen (secondary N) is 1. The van der Waals surface area contributed by atoms with Crippen molar-refractivity contribution in [2.45, 2.75) is 26.0 Å². The molecule has 154 valence electrons. The number of anilines is 1. The quantitative estimate of drug-likeness (QED) is 0.370. The Labute approximate surface area is 168 Å². The van der Waals surface area contributed by atoms with E-state index in [1.165, 1.54) is 14.0 Å². The van der Waals surface area contributed by atoms with Gasteiger partial charge in [0.2, 0.25) is 5.91 Å². The first-order chi connectivity index (χ1) is 13.7. The third-order valence-electron chi connectivity index (χ3n) is 4.35. The second-order valence-corrected chi connectivity index (χ2v) is 6.73. The number of aliphatic hydroxyl groups excluding tert-OH is 1. The molecule has 1 aromatic heterocycles. The van der Waals surface area contributed by atoms with Gasteiger partial charge in [0.05, 0.1) is 6.61 Å². The van der Waals surface area contributed by atoms with Crippen LogP contribution in [0.4, 0.5) is 5.69 Å². The molecule has 0 saturated carbocycles. The molecule has 2 aromatic rings. The van der Waals surface area contributed by atoms with Crippen LogP contribution in [0, 0.1) is 6.92 Å². The van der Waals surface area contributed by atoms with Crippen molar-refractivity contribution in [3.8, 4) is 5.75 Å². The molecule has 0 aliphatic rings. The Morgan fingerprint density at radius 3 is 2.59 bits per heavy atom. The molecule has 0 saturated heterocycles. The SMILES string of the molecule is CN=C(C(=O)NC(C)(CO)C(N)=O)c1cc(OCc2ccc(C)nc2)ccc1N. The number of carbonyl (C=O) groups excluding carboxylic acids is 2. The highest BCUT2D eigenvalue weighted by Crippen LogP contribution is 2.22. The lowest BCUT2D eigenvalue weighted by molar-refractivity contribution is -0.129. The lowest BCUT2D eigenvalue weighted by Gasteiger charge is -2.25. The molecule has 1 atom stereocenters. The summed E-state index contributed by atoms with van der Waals surface area (Å²) in [6.45, 7) is 2.84. The summed E-state index contributed by atoms with van der Waals surface area (Å²) in [4.78, 5) is 32.4. The Kier molecular flexibility index (Phi) is 6.89. The maximum Gasteiger partial charge on any atom is 0.271 e. The van der Waals surface area contributed by atoms with Crippen LogP contribution in [0.1, 0.15) is 23.7 Å². The molecular weight excluding hydrogens is 374 g/mol. The van der Waals surface area contributed by atoms with Gasteiger partial charge in [-0.3, -0.25) is 19.6 Å². The topological polar surface area (TPSA) is 153 Å². The second-order valence-electron chi connectivity index (χ2n) is 6.73. The zero-order valence-corrected chi connectivity index (χ0v) is 16.6. The number of aliphatic imine (C=N–C) groups is 1. The third-order valence-corrected chi connectivity index (χ3v) is 4.35. The number of ether oxygens (including phenoxy) is 1. The largest absolute Gasteiger partial charge is 0.489 e. The summed E-state index contributed by atoms with van der Waals surface area (Å²) >= 11 is 0. The first-order valence-electron chi connectivity index (χ1n) is 8.84. The molecule has 0 aliphatic heterocycles. The number of aromatic nitrogens is 1. The summed E-state index contributed by atoms with van der Waals surface area (Å²) in [5.41, 5.74) is 12.0. The highest BCUT2D eigenvalue weighted by Gasteiger charge is 2.34. The fourth-order valence-electron chi connectivity index (χ4n) is 2.41. The van der Waals surface area contributed by atoms with Gasteiger partial charge in [-0.15, -0.1) is 0 Å². The fourth-order valence-corrected chi connectivity index (χ4v) is 2.41. The molecule has 9 nitrogen and oxygen atoms in total. The average Bonchev–Trinajstić information content (AvgIpc) is 2.69. The number of hydrogen-bond donors (Lipinski definition) is 4. The number of nitrogen functional groups attached to an aromatic ring is 1. The van der Waals surface area contributed by atoms with Crippen LogP contribution in [0.5, 0.6) is 5.75 Å². The van der Waals surface area contributed by atoms with Crippen molar-refractivity contribution in [3.05, 3.63) is 53.3 Å². The van der Waals surface area contributed by atoms with Gasteiger partial charge in [-0.2, -0.15) is 0 Å². The van der Waals surface area contributed by atoms with Crippen molar-refractivity contribution in [1.82, 2.24) is 10.3 Å². The van der Waals surface area contributed by atoms with E-state index in [2.05, 4.69) is 15.3 Å². The first kappa shape index (κ1) is 21.8. The molecule has 0 radical (unpaired) electrons. The highest BCUT2D eigenvalue weighted by molar-refractivity contribution is 6.46. The monoisotopic (exact) mass is 399 g/mol. The van der Waals surface area contributed by atoms with Crippen molar-refractivity contribution in [2.75, 3.05) is 19.4 Å². The zero-order valence-electron chi connectivity index (χ0n) is 16.6. The molecular formula is C20H25N5O4. The number of primary amides is 1. The Morgan fingerprint density at radius 1 is 1.31 bits per heavy atom. The van der Waals surface area contributed by atoms with Crippen LogP contribution >= 0.6 is 0 Å². The van der Waals surface area contributed by atoms with Crippen molar-refractivity contribution >= 4 is 23.2 Å². The van der Waals surface area contributed by atoms with E-state index in [0.717, 1.165) is 11.3 Å². The lowest BCUT2D eigenvalue weighted by atomic mass is 10.0. The van der Waals surface area contributed by atoms with E-state index in [9.17, 15) is 14.7 Å². The van der Waals surface area contributed by atoms with Crippen molar-refractivity contribution in [3.63, 3.8) is 0 Å². The van der Waals surface area contributed by atoms with Gasteiger partial charge in [0, 0.05) is 35.8 Å². The van der Waals surface area contributed by atoms with Gasteiger partial charge in [-0.1, -0.05) is 6.07 Å². The van der Waals surface area contributed by atoms with Gasteiger partial charge in [-0.25, -0.2) is 0 Å². The summed E-state index contributed by atoms with van der Waals surface area (Å²) < 4.78 is 5.77. The standard InChI is InChI=1S/C20H25N5O4/c1-12-4-5-13(9-24-12)10-29-14-6-7-16(21)15(8-14)17(23-3)18(27)25-20(2,11-26)19(22)28/h4-9,26H,10-11,21H2,1-3H3,(H2,22,28)(H,25,27). The summed E-state index contributed by atoms with van der Waals surface area (Å²) in [6, 6.07) is 8.64. The highest BCUT2D eigenvalue weighted by atomic mass is 16.5. The number of aryl methyl sites for hydroxylation is 1. The smallest absolute Gasteiger partial charge is 0.271 e. The molecule has 0 fully saturated rings. The van der Waals surface area contributed by atoms with E-state index in [4.69, 9.17) is 16.2 Å². The number of amides is 2. The number of rotatable bonds is 8. The number of benzene rings is 1. The molecule has 29 heavy (non-hydrogen) atoms. The third kappa shape index (κ3) is 5.29. The number of pyridine rings is 1. The molecule has 9 heteroatoms. The predicted octanol–water partition coefficient (Wildman–Crippen LogP) is 0.323. The van der Waals surface area contributed by atoms with E-state index in [0.29, 0.717) is 17.0 Å². The molecule has 1 heterocycles. The normalized spacial score (nSPS) is 13.4. The van der Waals surface area contributed by atoms with E-state index in [1.807, 2.05) is 19.1 Å². The molecule has 2 amide bonds. The van der Waals surface area contributed by atoms with Crippen LogP contribution in [0.25, 0.3) is 0 Å². The average molecular weight is 399 g/mol. The zero-order chi connectivity index (χ0) is 21.6. The Balaban J connectivity index is 2.23. The molecule has 0 spiro atoms. The lowest BCUT2D eigenvalue weighted by Crippen LogP contribution is -2.59. The van der Waals surface area contributed by atoms with Crippen molar-refractivity contribution in [2.24, 2.45) is 10.7 Å². The molecule has 6 N–H and O–H groups in total. The van der Waals surface area contributed by atoms with E-state index in [1.54, 1.807) is 24.4 Å². The van der Waals surface area contributed by atoms with Crippen molar-refractivity contribution in [1.29, 1.82) is 0 Å². The van der Waals surface area contributed by atoms with Crippen LogP contribution < -0.4 is 21.5 Å². The summed E-state index contributed by atoms with van der Waals surface area (Å²) in [7, 11) is 1.42. The predicted molar refractivity (Wildman–Crippen MR) is 109 cm³/mol. The van der Waals surface area contributed by atoms with Crippen molar-refractivity contribution < 1.29 is 19.4 Å². The van der Waals surface area contributed by atoms with Gasteiger partial charge in [0.25, 0.3) is 5.91 Å². The fraction of sp³-hybridized carbons (Fsp3) is 0.300. The van der Waals surface area contributed by atoms with Crippen LogP contribution in [-0.2, 0) is 16.2 Å². The maximum absolute atomic E-state index is 12.7. The molecule has 0 aliphatic carbocycles. The first-order valence-corrected chi connectivity index (χ1v) is 8.84. The molecule has 1 unspecified atom stereocenters. The van der Waals surface area contributed by atoms with Crippen LogP contribution in [0.15, 0.2) is 41.5 Å². The Bertz CT molecular complexity index is 927. The minimum absolute atomic E-state index is 0.0223. The van der Waals surface area contributed by atoms with Gasteiger partial charge >= 0.3 is 0 Å². The van der Waals surface area contributed by atoms with Crippen LogP contribution in [-0.4, -0.2) is 46.8 Å². The number of nitrogens with zero attached hydrogens (tertiary/aromatic N) is 2. The van der Waals surface area contributed by atoms with Gasteiger partial charge < -0.3 is 26.6 Å². The number of aliphatic hydroxyl groups is 1. The Morgan fingerprint density at radius 2 is 2.03 bits per heavy atom. The summed E-state index contributed by atoms with van der Waals surface area (Å²) in [6.07, 6.45) is 1.72. The minimum atomic E-state index is -1.63. The van der Waals surface area contributed by atoms with Crippen LogP contribution in [0.2, 0.25) is 0 Å². The van der Waals surface area contributed by atoms with Crippen LogP contribution in [0.3, 0.4) is 0 Å². The summed E-state index contributed by atoms with van der Waals surface area (Å²) in [5, 5.41) is 11.8. The van der Waals surface area contributed by atoms with E-state index >= 15 is 0 Å². The van der Waals surface area contributed by atoms with Gasteiger partial charge in [-0.05, 0) is 38.1 Å². The second kappa shape index (κ2) is 9.16. The molecule has 0 bridgehead atoms. The van der Waals surface area contributed by atoms with E-state index in [-0.39, 0.29) is 12.3 Å².